The fourth-order valence-corrected chi connectivity index (χ4v) is 3.91. The standard InChI is InChI=1S/C19H25ClS/c1-6-15-8-10-18(21-15)19(20)16-9-7-14(12(2)3)11-17(16)13(4)5/h7-13,19H,6H2,1-5H3. The quantitative estimate of drug-likeness (QED) is 0.526. The topological polar surface area (TPSA) is 0 Å². The van der Waals surface area contributed by atoms with E-state index >= 15 is 0 Å². The Kier molecular flexibility index (Phi) is 5.51. The van der Waals surface area contributed by atoms with Crippen molar-refractivity contribution in [1.82, 2.24) is 0 Å². The minimum atomic E-state index is -0.0334. The first kappa shape index (κ1) is 16.6. The Bertz CT molecular complexity index is 595. The SMILES string of the molecule is CCc1ccc(C(Cl)c2ccc(C(C)C)cc2C(C)C)s1. The Morgan fingerprint density at radius 3 is 2.19 bits per heavy atom. The van der Waals surface area contributed by atoms with Crippen molar-refractivity contribution in [3.8, 4) is 0 Å². The molecule has 0 aliphatic carbocycles. The maximum atomic E-state index is 6.79. The van der Waals surface area contributed by atoms with Crippen LogP contribution >= 0.6 is 22.9 Å². The van der Waals surface area contributed by atoms with Gasteiger partial charge in [0.2, 0.25) is 0 Å². The molecule has 0 fully saturated rings. The van der Waals surface area contributed by atoms with Crippen molar-refractivity contribution in [2.45, 2.75) is 58.3 Å². The fourth-order valence-electron chi connectivity index (χ4n) is 2.56. The molecule has 0 aliphatic rings. The second-order valence-corrected chi connectivity index (χ2v) is 7.85. The monoisotopic (exact) mass is 320 g/mol. The van der Waals surface area contributed by atoms with E-state index in [4.69, 9.17) is 11.6 Å². The van der Waals surface area contributed by atoms with Crippen LogP contribution in [0.5, 0.6) is 0 Å². The minimum absolute atomic E-state index is 0.0334. The van der Waals surface area contributed by atoms with E-state index in [1.807, 2.05) is 11.3 Å². The highest BCUT2D eigenvalue weighted by Crippen LogP contribution is 2.38. The number of aryl methyl sites for hydroxylation is 1. The van der Waals surface area contributed by atoms with Crippen LogP contribution in [0.4, 0.5) is 0 Å². The molecule has 0 spiro atoms. The molecule has 114 valence electrons. The normalized spacial score (nSPS) is 13.1. The fraction of sp³-hybridized carbons (Fsp3) is 0.474. The molecule has 0 N–H and O–H groups in total. The van der Waals surface area contributed by atoms with Crippen molar-refractivity contribution in [3.63, 3.8) is 0 Å². The molecule has 1 unspecified atom stereocenters. The highest BCUT2D eigenvalue weighted by molar-refractivity contribution is 7.12. The minimum Gasteiger partial charge on any atom is -0.143 e. The molecule has 0 amide bonds. The van der Waals surface area contributed by atoms with Gasteiger partial charge in [-0.3, -0.25) is 0 Å². The van der Waals surface area contributed by atoms with Crippen molar-refractivity contribution in [2.24, 2.45) is 0 Å². The second kappa shape index (κ2) is 6.98. The molecule has 0 nitrogen and oxygen atoms in total. The average Bonchev–Trinajstić information content (AvgIpc) is 2.94. The van der Waals surface area contributed by atoms with Crippen LogP contribution in [0.3, 0.4) is 0 Å². The lowest BCUT2D eigenvalue weighted by atomic mass is 9.90. The van der Waals surface area contributed by atoms with Crippen molar-refractivity contribution in [3.05, 3.63) is 56.8 Å². The summed E-state index contributed by atoms with van der Waals surface area (Å²) >= 11 is 8.63. The third-order valence-corrected chi connectivity index (χ3v) is 5.85. The summed E-state index contributed by atoms with van der Waals surface area (Å²) in [5, 5.41) is -0.0334. The van der Waals surface area contributed by atoms with Crippen LogP contribution in [-0.2, 0) is 6.42 Å². The number of halogens is 1. The molecule has 0 saturated carbocycles. The molecule has 0 bridgehead atoms. The summed E-state index contributed by atoms with van der Waals surface area (Å²) in [5.41, 5.74) is 4.04. The highest BCUT2D eigenvalue weighted by Gasteiger charge is 2.19. The van der Waals surface area contributed by atoms with Gasteiger partial charge >= 0.3 is 0 Å². The first-order valence-corrected chi connectivity index (χ1v) is 9.05. The highest BCUT2D eigenvalue weighted by atomic mass is 35.5. The van der Waals surface area contributed by atoms with Crippen molar-refractivity contribution >= 4 is 22.9 Å². The Morgan fingerprint density at radius 1 is 0.952 bits per heavy atom. The van der Waals surface area contributed by atoms with Gasteiger partial charge in [0.25, 0.3) is 0 Å². The van der Waals surface area contributed by atoms with Crippen LogP contribution in [-0.4, -0.2) is 0 Å². The molecule has 21 heavy (non-hydrogen) atoms. The maximum absolute atomic E-state index is 6.79. The Balaban J connectivity index is 2.42. The van der Waals surface area contributed by atoms with Gasteiger partial charge in [-0.1, -0.05) is 52.8 Å². The van der Waals surface area contributed by atoms with E-state index in [1.165, 1.54) is 26.4 Å². The van der Waals surface area contributed by atoms with E-state index < -0.39 is 0 Å². The van der Waals surface area contributed by atoms with Crippen LogP contribution in [0.15, 0.2) is 30.3 Å². The molecule has 0 saturated heterocycles. The first-order chi connectivity index (χ1) is 9.93. The van der Waals surface area contributed by atoms with Crippen molar-refractivity contribution < 1.29 is 0 Å². The van der Waals surface area contributed by atoms with Gasteiger partial charge in [-0.05, 0) is 47.1 Å². The Labute approximate surface area is 138 Å². The number of thiophene rings is 1. The van der Waals surface area contributed by atoms with Gasteiger partial charge in [0.1, 0.15) is 0 Å². The van der Waals surface area contributed by atoms with Crippen LogP contribution in [0.25, 0.3) is 0 Å². The largest absolute Gasteiger partial charge is 0.143 e. The molecule has 2 aromatic rings. The van der Waals surface area contributed by atoms with Crippen molar-refractivity contribution in [1.29, 1.82) is 0 Å². The molecule has 1 heterocycles. The van der Waals surface area contributed by atoms with Gasteiger partial charge in [0.15, 0.2) is 0 Å². The van der Waals surface area contributed by atoms with Crippen LogP contribution in [0.1, 0.15) is 78.3 Å². The zero-order valence-electron chi connectivity index (χ0n) is 13.6. The third-order valence-electron chi connectivity index (χ3n) is 3.95. The van der Waals surface area contributed by atoms with E-state index in [0.29, 0.717) is 11.8 Å². The van der Waals surface area contributed by atoms with E-state index in [2.05, 4.69) is 65.0 Å². The summed E-state index contributed by atoms with van der Waals surface area (Å²) in [5.74, 6) is 1.05. The number of hydrogen-bond donors (Lipinski definition) is 0. The second-order valence-electron chi connectivity index (χ2n) is 6.22. The van der Waals surface area contributed by atoms with Crippen molar-refractivity contribution in [2.75, 3.05) is 0 Å². The molecular weight excluding hydrogens is 296 g/mol. The molecular formula is C19H25ClS. The van der Waals surface area contributed by atoms with Gasteiger partial charge < -0.3 is 0 Å². The summed E-state index contributed by atoms with van der Waals surface area (Å²) in [6.45, 7) is 11.2. The molecule has 2 heteroatoms. The lowest BCUT2D eigenvalue weighted by Gasteiger charge is -2.19. The summed E-state index contributed by atoms with van der Waals surface area (Å²) in [7, 11) is 0. The van der Waals surface area contributed by atoms with E-state index in [-0.39, 0.29) is 5.38 Å². The predicted octanol–water partition coefficient (Wildman–Crippen LogP) is 6.89. The average molecular weight is 321 g/mol. The summed E-state index contributed by atoms with van der Waals surface area (Å²) in [6.07, 6.45) is 1.08. The molecule has 1 aromatic carbocycles. The lowest BCUT2D eigenvalue weighted by molar-refractivity contribution is 0.819. The predicted molar refractivity (Wildman–Crippen MR) is 96.0 cm³/mol. The number of rotatable bonds is 5. The number of alkyl halides is 1. The van der Waals surface area contributed by atoms with Gasteiger partial charge in [-0.25, -0.2) is 0 Å². The van der Waals surface area contributed by atoms with E-state index in [9.17, 15) is 0 Å². The summed E-state index contributed by atoms with van der Waals surface area (Å²) in [6, 6.07) is 11.2. The maximum Gasteiger partial charge on any atom is 0.0930 e. The summed E-state index contributed by atoms with van der Waals surface area (Å²) < 4.78 is 0. The van der Waals surface area contributed by atoms with E-state index in [0.717, 1.165) is 6.42 Å². The third kappa shape index (κ3) is 3.70. The van der Waals surface area contributed by atoms with Gasteiger partial charge in [0, 0.05) is 9.75 Å². The Morgan fingerprint density at radius 2 is 1.67 bits per heavy atom. The molecule has 2 rings (SSSR count). The number of hydrogen-bond acceptors (Lipinski definition) is 1. The zero-order chi connectivity index (χ0) is 15.6. The smallest absolute Gasteiger partial charge is 0.0930 e. The van der Waals surface area contributed by atoms with Gasteiger partial charge in [-0.15, -0.1) is 22.9 Å². The van der Waals surface area contributed by atoms with Gasteiger partial charge in [0.05, 0.1) is 5.38 Å². The van der Waals surface area contributed by atoms with Crippen LogP contribution in [0, 0.1) is 0 Å². The zero-order valence-corrected chi connectivity index (χ0v) is 15.2. The molecule has 1 atom stereocenters. The lowest BCUT2D eigenvalue weighted by Crippen LogP contribution is -2.02. The first-order valence-electron chi connectivity index (χ1n) is 7.80. The Hall–Kier alpha value is -0.790. The molecule has 0 aliphatic heterocycles. The summed E-state index contributed by atoms with van der Waals surface area (Å²) in [4.78, 5) is 2.66. The van der Waals surface area contributed by atoms with Crippen LogP contribution < -0.4 is 0 Å². The number of benzene rings is 1. The van der Waals surface area contributed by atoms with E-state index in [1.54, 1.807) is 0 Å². The molecule has 1 aromatic heterocycles. The molecule has 0 radical (unpaired) electrons. The van der Waals surface area contributed by atoms with Gasteiger partial charge in [-0.2, -0.15) is 0 Å². The van der Waals surface area contributed by atoms with Crippen LogP contribution in [0.2, 0.25) is 0 Å².